The van der Waals surface area contributed by atoms with Crippen molar-refractivity contribution in [3.8, 4) is 28.4 Å². The fourth-order valence-corrected chi connectivity index (χ4v) is 7.29. The fourth-order valence-electron chi connectivity index (χ4n) is 7.29. The number of benzene rings is 6. The summed E-state index contributed by atoms with van der Waals surface area (Å²) in [4.78, 5) is 26.7. The lowest BCUT2D eigenvalue weighted by atomic mass is 9.97. The van der Waals surface area contributed by atoms with Gasteiger partial charge in [-0.25, -0.2) is 4.79 Å². The summed E-state index contributed by atoms with van der Waals surface area (Å²) in [5.74, 6) is 1.53. The van der Waals surface area contributed by atoms with Crippen molar-refractivity contribution >= 4 is 21.8 Å². The number of Topliss-reactive ketones (excluding diaryl/α,β-unsaturated/α-hetero) is 1. The Hall–Kier alpha value is -5.95. The lowest BCUT2D eigenvalue weighted by molar-refractivity contribution is -0.120. The lowest BCUT2D eigenvalue weighted by Gasteiger charge is -2.23. The van der Waals surface area contributed by atoms with Crippen molar-refractivity contribution < 1.29 is 28.5 Å². The van der Waals surface area contributed by atoms with Crippen LogP contribution in [0.1, 0.15) is 62.5 Å². The molecule has 0 radical (unpaired) electrons. The lowest BCUT2D eigenvalue weighted by Crippen LogP contribution is -2.31. The molecule has 0 aromatic heterocycles. The smallest absolute Gasteiger partial charge is 0.407 e. The summed E-state index contributed by atoms with van der Waals surface area (Å²) in [5, 5.41) is 6.52. The average Bonchev–Trinajstić information content (AvgIpc) is 3.56. The third-order valence-corrected chi connectivity index (χ3v) is 10.3. The van der Waals surface area contributed by atoms with E-state index in [0.717, 1.165) is 38.9 Å². The van der Waals surface area contributed by atoms with E-state index < -0.39 is 12.1 Å². The Kier molecular flexibility index (Phi) is 13.4. The summed E-state index contributed by atoms with van der Waals surface area (Å²) in [6, 6.07) is 45.1. The first-order chi connectivity index (χ1) is 27.3. The monoisotopic (exact) mass is 780 g/mol. The molecule has 57 heavy (non-hydrogen) atoms. The number of rotatable bonds is 15. The third-order valence-electron chi connectivity index (χ3n) is 10.3. The summed E-state index contributed by atoms with van der Waals surface area (Å²) in [6.07, 6.45) is -0.567. The van der Waals surface area contributed by atoms with E-state index in [9.17, 15) is 9.59 Å². The molecule has 0 spiro atoms. The number of hydrogen-bond donors (Lipinski definition) is 2. The van der Waals surface area contributed by atoms with Crippen LogP contribution in [0.3, 0.4) is 0 Å². The van der Waals surface area contributed by atoms with Gasteiger partial charge in [0.2, 0.25) is 0 Å². The zero-order valence-electron chi connectivity index (χ0n) is 32.8. The second-order valence-corrected chi connectivity index (χ2v) is 14.0. The minimum atomic E-state index is -0.633. The zero-order chi connectivity index (χ0) is 39.0. The van der Waals surface area contributed by atoms with E-state index in [1.807, 2.05) is 48.5 Å². The van der Waals surface area contributed by atoms with E-state index in [2.05, 4.69) is 97.3 Å². The van der Waals surface area contributed by atoms with E-state index in [0.29, 0.717) is 22.8 Å². The van der Waals surface area contributed by atoms with Gasteiger partial charge in [0.1, 0.15) is 30.5 Å². The third kappa shape index (κ3) is 9.54. The zero-order valence-corrected chi connectivity index (χ0v) is 34.2. The number of ketones is 1. The molecular formula is C48H49N2O6P. The van der Waals surface area contributed by atoms with Crippen LogP contribution >= 0.6 is 9.90 Å². The van der Waals surface area contributed by atoms with E-state index >= 15 is 0 Å². The standard InChI is InChI=1S/C48H46N2O6.H3P/c1-31-13-17-33(18-14-31)46(34-19-15-32(2)16-20-34)49-28-36(51)29-55-37-23-21-35(22-24-37)47(43-26-25-38(53-3)27-45(43)54-4)50-48(52)56-30-44-41-11-7-5-9-39(41)40-10-6-8-12-42(40)44;/h5-27,44,46-47,49H,28-30H2,1-4H3,(H,50,52);1H3. The number of carbonyl (C=O) groups excluding carboxylic acids is 2. The van der Waals surface area contributed by atoms with Crippen LogP contribution in [0.4, 0.5) is 4.79 Å². The highest BCUT2D eigenvalue weighted by molar-refractivity contribution is 6.92. The first kappa shape index (κ1) is 40.7. The molecule has 2 unspecified atom stereocenters. The van der Waals surface area contributed by atoms with Gasteiger partial charge < -0.3 is 24.3 Å². The minimum Gasteiger partial charge on any atom is -0.497 e. The van der Waals surface area contributed by atoms with Gasteiger partial charge in [0.15, 0.2) is 5.78 Å². The molecular weight excluding hydrogens is 732 g/mol. The number of ether oxygens (including phenoxy) is 4. The van der Waals surface area contributed by atoms with Crippen molar-refractivity contribution in [1.29, 1.82) is 0 Å². The van der Waals surface area contributed by atoms with E-state index in [1.54, 1.807) is 32.4 Å². The van der Waals surface area contributed by atoms with Crippen molar-refractivity contribution in [2.45, 2.75) is 31.8 Å². The minimum absolute atomic E-state index is 0. The molecule has 0 aliphatic heterocycles. The van der Waals surface area contributed by atoms with Crippen LogP contribution in [0, 0.1) is 13.8 Å². The van der Waals surface area contributed by atoms with Crippen LogP contribution in [-0.2, 0) is 9.53 Å². The quantitative estimate of drug-likeness (QED) is 0.100. The Balaban J connectivity index is 0.00000549. The largest absolute Gasteiger partial charge is 0.497 e. The Morgan fingerprint density at radius 2 is 1.16 bits per heavy atom. The number of alkyl carbamates (subject to hydrolysis) is 1. The number of carbonyl (C=O) groups is 2. The second-order valence-electron chi connectivity index (χ2n) is 14.0. The first-order valence-electron chi connectivity index (χ1n) is 18.8. The van der Waals surface area contributed by atoms with Gasteiger partial charge >= 0.3 is 6.09 Å². The molecule has 8 nitrogen and oxygen atoms in total. The summed E-state index contributed by atoms with van der Waals surface area (Å²) in [7, 11) is 3.17. The Morgan fingerprint density at radius 1 is 0.632 bits per heavy atom. The summed E-state index contributed by atoms with van der Waals surface area (Å²) in [6.45, 7) is 4.33. The van der Waals surface area contributed by atoms with Gasteiger partial charge in [-0.15, -0.1) is 0 Å². The van der Waals surface area contributed by atoms with E-state index in [1.165, 1.54) is 11.1 Å². The van der Waals surface area contributed by atoms with Crippen molar-refractivity contribution in [2.24, 2.45) is 0 Å². The molecule has 2 atom stereocenters. The van der Waals surface area contributed by atoms with Crippen LogP contribution < -0.4 is 24.8 Å². The van der Waals surface area contributed by atoms with Gasteiger partial charge in [-0.2, -0.15) is 9.90 Å². The molecule has 0 bridgehead atoms. The Morgan fingerprint density at radius 3 is 1.72 bits per heavy atom. The summed E-state index contributed by atoms with van der Waals surface area (Å²) >= 11 is 0. The highest BCUT2D eigenvalue weighted by Gasteiger charge is 2.30. The van der Waals surface area contributed by atoms with Gasteiger partial charge in [-0.1, -0.05) is 120 Å². The van der Waals surface area contributed by atoms with Gasteiger partial charge in [0.05, 0.1) is 32.8 Å². The molecule has 0 saturated carbocycles. The SMILES string of the molecule is COc1ccc(C(NC(=O)OCC2c3ccccc3-c3ccccc32)c2ccc(OCC(=O)CNC(c3ccc(C)cc3)c3ccc(C)cc3)cc2)c(OC)c1.P. The number of methoxy groups -OCH3 is 2. The van der Waals surface area contributed by atoms with Crippen LogP contribution in [0.5, 0.6) is 17.2 Å². The average molecular weight is 781 g/mol. The molecule has 9 heteroatoms. The van der Waals surface area contributed by atoms with Crippen LogP contribution in [0.15, 0.2) is 140 Å². The number of hydrogen-bond acceptors (Lipinski definition) is 7. The van der Waals surface area contributed by atoms with Crippen molar-refractivity contribution in [1.82, 2.24) is 10.6 Å². The highest BCUT2D eigenvalue weighted by Crippen LogP contribution is 2.44. The van der Waals surface area contributed by atoms with Gasteiger partial charge in [-0.05, 0) is 77.1 Å². The second kappa shape index (κ2) is 18.8. The van der Waals surface area contributed by atoms with Crippen molar-refractivity contribution in [3.63, 3.8) is 0 Å². The summed E-state index contributed by atoms with van der Waals surface area (Å²) in [5.41, 5.74) is 10.6. The molecule has 0 saturated heterocycles. The van der Waals surface area contributed by atoms with Crippen LogP contribution in [0.25, 0.3) is 11.1 Å². The maximum absolute atomic E-state index is 13.6. The maximum Gasteiger partial charge on any atom is 0.407 e. The maximum atomic E-state index is 13.6. The number of aryl methyl sites for hydroxylation is 2. The molecule has 292 valence electrons. The van der Waals surface area contributed by atoms with Gasteiger partial charge in [0, 0.05) is 17.5 Å². The molecule has 6 aromatic rings. The number of amides is 1. The predicted octanol–water partition coefficient (Wildman–Crippen LogP) is 9.33. The highest BCUT2D eigenvalue weighted by atomic mass is 31.0. The molecule has 0 heterocycles. The molecule has 1 aliphatic rings. The fraction of sp³-hybridized carbons (Fsp3) is 0.208. The number of fused-ring (bicyclic) bond motifs is 3. The molecule has 1 amide bonds. The molecule has 0 fully saturated rings. The van der Waals surface area contributed by atoms with Crippen molar-refractivity contribution in [2.75, 3.05) is 34.0 Å². The molecule has 6 aromatic carbocycles. The Bertz CT molecular complexity index is 2200. The van der Waals surface area contributed by atoms with Crippen molar-refractivity contribution in [3.05, 3.63) is 184 Å². The predicted molar refractivity (Wildman–Crippen MR) is 230 cm³/mol. The van der Waals surface area contributed by atoms with Gasteiger partial charge in [-0.3, -0.25) is 10.1 Å². The summed E-state index contributed by atoms with van der Waals surface area (Å²) < 4.78 is 23.1. The van der Waals surface area contributed by atoms with E-state index in [4.69, 9.17) is 18.9 Å². The topological polar surface area (TPSA) is 95.1 Å². The first-order valence-corrected chi connectivity index (χ1v) is 18.8. The van der Waals surface area contributed by atoms with Crippen LogP contribution in [-0.4, -0.2) is 45.9 Å². The van der Waals surface area contributed by atoms with Gasteiger partial charge in [0.25, 0.3) is 0 Å². The molecule has 1 aliphatic carbocycles. The Labute approximate surface area is 338 Å². The van der Waals surface area contributed by atoms with Crippen LogP contribution in [0.2, 0.25) is 0 Å². The molecule has 7 rings (SSSR count). The normalized spacial score (nSPS) is 12.2. The molecule has 2 N–H and O–H groups in total. The number of nitrogens with one attached hydrogen (secondary N) is 2. The van der Waals surface area contributed by atoms with E-state index in [-0.39, 0.29) is 47.4 Å².